The van der Waals surface area contributed by atoms with Crippen molar-refractivity contribution in [3.05, 3.63) is 105 Å². The van der Waals surface area contributed by atoms with Crippen LogP contribution in [0.5, 0.6) is 0 Å². The molecule has 0 bridgehead atoms. The summed E-state index contributed by atoms with van der Waals surface area (Å²) in [6.45, 7) is 2.06. The maximum Gasteiger partial charge on any atom is 0.269 e. The van der Waals surface area contributed by atoms with E-state index in [2.05, 4.69) is 17.5 Å². The minimum Gasteiger partial charge on any atom is -0.260 e. The Kier molecular flexibility index (Phi) is 4.87. The Balaban J connectivity index is 1.83. The molecule has 1 aliphatic rings. The van der Waals surface area contributed by atoms with Crippen molar-refractivity contribution >= 4 is 22.9 Å². The van der Waals surface area contributed by atoms with Gasteiger partial charge in [-0.2, -0.15) is 5.10 Å². The molecule has 0 saturated carbocycles. The third-order valence-electron chi connectivity index (χ3n) is 4.70. The maximum atomic E-state index is 13.3. The summed E-state index contributed by atoms with van der Waals surface area (Å²) in [6.07, 6.45) is 0.850. The zero-order valence-electron chi connectivity index (χ0n) is 15.6. The summed E-state index contributed by atoms with van der Waals surface area (Å²) in [5.74, 6) is 0.165. The van der Waals surface area contributed by atoms with Crippen molar-refractivity contribution in [1.82, 2.24) is 5.43 Å². The first kappa shape index (κ1) is 18.5. The number of benzene rings is 3. The predicted molar refractivity (Wildman–Crippen MR) is 110 cm³/mol. The standard InChI is InChI=1S/C22H17FN4O2/c1-2-14-3-12-20-19(13-14)21(15-6-10-18(11-7-15)27(28)29)25-26-22(24-20)16-4-8-17(23)9-5-16/h3-13H,2H2,1H3,(H,24,26). The number of nitrogens with one attached hydrogen (secondary N) is 1. The second kappa shape index (κ2) is 7.63. The normalized spacial score (nSPS) is 12.9. The molecule has 0 unspecified atom stereocenters. The molecule has 6 nitrogen and oxygen atoms in total. The van der Waals surface area contributed by atoms with Crippen LogP contribution in [0.4, 0.5) is 15.8 Å². The smallest absolute Gasteiger partial charge is 0.260 e. The molecule has 0 fully saturated rings. The number of amidine groups is 1. The van der Waals surface area contributed by atoms with Gasteiger partial charge in [-0.25, -0.2) is 9.38 Å². The highest BCUT2D eigenvalue weighted by Crippen LogP contribution is 2.28. The van der Waals surface area contributed by atoms with Crippen molar-refractivity contribution in [2.75, 3.05) is 0 Å². The first-order valence-corrected chi connectivity index (χ1v) is 9.11. The largest absolute Gasteiger partial charge is 0.269 e. The molecule has 144 valence electrons. The van der Waals surface area contributed by atoms with Gasteiger partial charge in [0.15, 0.2) is 5.84 Å². The fourth-order valence-electron chi connectivity index (χ4n) is 3.10. The van der Waals surface area contributed by atoms with Gasteiger partial charge in [0.25, 0.3) is 5.69 Å². The van der Waals surface area contributed by atoms with Crippen LogP contribution in [0.25, 0.3) is 0 Å². The SMILES string of the molecule is CCc1ccc2c(c1)C(c1ccc([N+](=O)[O-])cc1)=NNC(c1ccc(F)cc1)=N2. The molecule has 0 spiro atoms. The number of hydrazone groups is 1. The number of halogens is 1. The van der Waals surface area contributed by atoms with Gasteiger partial charge >= 0.3 is 0 Å². The van der Waals surface area contributed by atoms with E-state index >= 15 is 0 Å². The average molecular weight is 388 g/mol. The highest BCUT2D eigenvalue weighted by molar-refractivity contribution is 6.18. The van der Waals surface area contributed by atoms with Crippen LogP contribution in [0.2, 0.25) is 0 Å². The number of rotatable bonds is 4. The van der Waals surface area contributed by atoms with E-state index in [1.165, 1.54) is 24.3 Å². The van der Waals surface area contributed by atoms with Crippen LogP contribution in [-0.2, 0) is 6.42 Å². The number of nitro groups is 1. The van der Waals surface area contributed by atoms with E-state index in [4.69, 9.17) is 4.99 Å². The van der Waals surface area contributed by atoms with E-state index < -0.39 is 4.92 Å². The Labute approximate surface area is 166 Å². The summed E-state index contributed by atoms with van der Waals surface area (Å²) >= 11 is 0. The van der Waals surface area contributed by atoms with Crippen molar-refractivity contribution in [1.29, 1.82) is 0 Å². The molecule has 0 atom stereocenters. The summed E-state index contributed by atoms with van der Waals surface area (Å²) < 4.78 is 13.3. The first-order chi connectivity index (χ1) is 14.0. The van der Waals surface area contributed by atoms with Crippen LogP contribution in [0.1, 0.15) is 29.2 Å². The first-order valence-electron chi connectivity index (χ1n) is 9.11. The van der Waals surface area contributed by atoms with Crippen LogP contribution < -0.4 is 5.43 Å². The van der Waals surface area contributed by atoms with E-state index in [1.807, 2.05) is 18.2 Å². The number of nitro benzene ring substituents is 1. The molecule has 1 N–H and O–H groups in total. The monoisotopic (exact) mass is 388 g/mol. The molecular weight excluding hydrogens is 371 g/mol. The predicted octanol–water partition coefficient (Wildman–Crippen LogP) is 4.73. The minimum absolute atomic E-state index is 0.0155. The molecule has 0 saturated heterocycles. The maximum absolute atomic E-state index is 13.3. The molecule has 3 aromatic carbocycles. The molecule has 3 aromatic rings. The molecule has 4 rings (SSSR count). The second-order valence-electron chi connectivity index (χ2n) is 6.55. The van der Waals surface area contributed by atoms with Crippen LogP contribution in [-0.4, -0.2) is 16.5 Å². The summed E-state index contributed by atoms with van der Waals surface area (Å²) in [5.41, 5.74) is 7.70. The molecule has 7 heteroatoms. The van der Waals surface area contributed by atoms with Gasteiger partial charge in [-0.3, -0.25) is 15.5 Å². The van der Waals surface area contributed by atoms with E-state index in [0.717, 1.165) is 23.1 Å². The van der Waals surface area contributed by atoms with Gasteiger partial charge in [-0.1, -0.05) is 13.0 Å². The van der Waals surface area contributed by atoms with Gasteiger partial charge in [0.05, 0.1) is 16.3 Å². The van der Waals surface area contributed by atoms with Crippen molar-refractivity contribution in [3.8, 4) is 0 Å². The number of nitrogens with zero attached hydrogens (tertiary/aromatic N) is 3. The summed E-state index contributed by atoms with van der Waals surface area (Å²) in [6, 6.07) is 18.2. The zero-order valence-corrected chi connectivity index (χ0v) is 15.6. The Morgan fingerprint density at radius 2 is 1.69 bits per heavy atom. The molecule has 0 aliphatic carbocycles. The highest BCUT2D eigenvalue weighted by atomic mass is 19.1. The summed E-state index contributed by atoms with van der Waals surface area (Å²) in [7, 11) is 0. The fourth-order valence-corrected chi connectivity index (χ4v) is 3.10. The number of aliphatic imine (C=N–C) groups is 1. The van der Waals surface area contributed by atoms with Crippen LogP contribution >= 0.6 is 0 Å². The van der Waals surface area contributed by atoms with Crippen molar-refractivity contribution in [2.45, 2.75) is 13.3 Å². The third kappa shape index (κ3) is 3.75. The Hall–Kier alpha value is -3.87. The summed E-state index contributed by atoms with van der Waals surface area (Å²) in [5, 5.41) is 15.5. The third-order valence-corrected chi connectivity index (χ3v) is 4.70. The lowest BCUT2D eigenvalue weighted by Gasteiger charge is -2.09. The Bertz CT molecular complexity index is 1140. The number of hydrogen-bond donors (Lipinski definition) is 1. The van der Waals surface area contributed by atoms with E-state index in [-0.39, 0.29) is 11.5 Å². The van der Waals surface area contributed by atoms with Crippen LogP contribution in [0.15, 0.2) is 76.8 Å². The van der Waals surface area contributed by atoms with Crippen molar-refractivity contribution in [2.24, 2.45) is 10.1 Å². The van der Waals surface area contributed by atoms with Gasteiger partial charge in [-0.05, 0) is 60.5 Å². The number of aryl methyl sites for hydroxylation is 1. The number of non-ortho nitro benzene ring substituents is 1. The van der Waals surface area contributed by atoms with Gasteiger partial charge in [0.1, 0.15) is 5.82 Å². The Morgan fingerprint density at radius 1 is 1.00 bits per heavy atom. The molecular formula is C22H17FN4O2. The van der Waals surface area contributed by atoms with E-state index in [1.54, 1.807) is 24.3 Å². The lowest BCUT2D eigenvalue weighted by molar-refractivity contribution is -0.384. The van der Waals surface area contributed by atoms with Crippen molar-refractivity contribution in [3.63, 3.8) is 0 Å². The second-order valence-corrected chi connectivity index (χ2v) is 6.55. The van der Waals surface area contributed by atoms with Gasteiger partial charge < -0.3 is 0 Å². The Morgan fingerprint density at radius 3 is 2.34 bits per heavy atom. The topological polar surface area (TPSA) is 79.9 Å². The van der Waals surface area contributed by atoms with Crippen molar-refractivity contribution < 1.29 is 9.31 Å². The molecule has 0 radical (unpaired) electrons. The van der Waals surface area contributed by atoms with Gasteiger partial charge in [-0.15, -0.1) is 0 Å². The molecule has 1 heterocycles. The number of hydrogen-bond acceptors (Lipinski definition) is 5. The lowest BCUT2D eigenvalue weighted by atomic mass is 9.98. The zero-order chi connectivity index (χ0) is 20.4. The van der Waals surface area contributed by atoms with E-state index in [9.17, 15) is 14.5 Å². The van der Waals surface area contributed by atoms with Gasteiger partial charge in [0.2, 0.25) is 0 Å². The molecule has 0 amide bonds. The van der Waals surface area contributed by atoms with E-state index in [0.29, 0.717) is 22.8 Å². The molecule has 0 aromatic heterocycles. The number of fused-ring (bicyclic) bond motifs is 1. The average Bonchev–Trinajstić information content (AvgIpc) is 2.93. The molecule has 29 heavy (non-hydrogen) atoms. The fraction of sp³-hybridized carbons (Fsp3) is 0.0909. The highest BCUT2D eigenvalue weighted by Gasteiger charge is 2.18. The molecule has 1 aliphatic heterocycles. The van der Waals surface area contributed by atoms with Gasteiger partial charge in [0, 0.05) is 28.8 Å². The minimum atomic E-state index is -0.435. The van der Waals surface area contributed by atoms with Crippen LogP contribution in [0, 0.1) is 15.9 Å². The lowest BCUT2D eigenvalue weighted by Crippen LogP contribution is -2.19. The quantitative estimate of drug-likeness (QED) is 0.518. The summed E-state index contributed by atoms with van der Waals surface area (Å²) in [4.78, 5) is 15.2. The van der Waals surface area contributed by atoms with Crippen LogP contribution in [0.3, 0.4) is 0 Å².